The SMILES string of the molecule is CNC(=O)Nc1ccnc(C)c1Cl. The lowest BCUT2D eigenvalue weighted by Gasteiger charge is -2.06. The normalized spacial score (nSPS) is 9.46. The molecule has 1 aromatic heterocycles. The van der Waals surface area contributed by atoms with Crippen molar-refractivity contribution in [3.8, 4) is 0 Å². The number of aryl methyl sites for hydroxylation is 1. The molecule has 2 N–H and O–H groups in total. The molecule has 5 heteroatoms. The molecule has 70 valence electrons. The van der Waals surface area contributed by atoms with Crippen LogP contribution < -0.4 is 10.6 Å². The molecule has 4 nitrogen and oxygen atoms in total. The summed E-state index contributed by atoms with van der Waals surface area (Å²) in [6.07, 6.45) is 1.59. The van der Waals surface area contributed by atoms with E-state index in [1.165, 1.54) is 7.05 Å². The van der Waals surface area contributed by atoms with E-state index in [4.69, 9.17) is 11.6 Å². The summed E-state index contributed by atoms with van der Waals surface area (Å²) < 4.78 is 0. The van der Waals surface area contributed by atoms with Crippen LogP contribution in [0.1, 0.15) is 5.69 Å². The highest BCUT2D eigenvalue weighted by Gasteiger charge is 2.05. The van der Waals surface area contributed by atoms with E-state index in [9.17, 15) is 4.79 Å². The lowest BCUT2D eigenvalue weighted by molar-refractivity contribution is 0.254. The Kier molecular flexibility index (Phi) is 3.08. The third-order valence-electron chi connectivity index (χ3n) is 1.54. The highest BCUT2D eigenvalue weighted by atomic mass is 35.5. The van der Waals surface area contributed by atoms with Crippen molar-refractivity contribution in [3.63, 3.8) is 0 Å². The minimum atomic E-state index is -0.299. The van der Waals surface area contributed by atoms with Crippen molar-refractivity contribution in [3.05, 3.63) is 23.0 Å². The largest absolute Gasteiger partial charge is 0.341 e. The van der Waals surface area contributed by atoms with E-state index in [1.54, 1.807) is 19.2 Å². The first-order chi connectivity index (χ1) is 6.15. The summed E-state index contributed by atoms with van der Waals surface area (Å²) in [5, 5.41) is 5.47. The fourth-order valence-electron chi connectivity index (χ4n) is 0.830. The van der Waals surface area contributed by atoms with E-state index in [2.05, 4.69) is 15.6 Å². The lowest BCUT2D eigenvalue weighted by Crippen LogP contribution is -2.24. The third kappa shape index (κ3) is 2.32. The van der Waals surface area contributed by atoms with E-state index in [1.807, 2.05) is 0 Å². The van der Waals surface area contributed by atoms with Crippen molar-refractivity contribution >= 4 is 23.3 Å². The lowest BCUT2D eigenvalue weighted by atomic mass is 10.3. The number of anilines is 1. The van der Waals surface area contributed by atoms with Gasteiger partial charge in [-0.2, -0.15) is 0 Å². The predicted molar refractivity (Wildman–Crippen MR) is 52.1 cm³/mol. The number of amides is 2. The summed E-state index contributed by atoms with van der Waals surface area (Å²) in [6.45, 7) is 1.78. The number of carbonyl (C=O) groups is 1. The van der Waals surface area contributed by atoms with Crippen molar-refractivity contribution in [2.45, 2.75) is 6.92 Å². The first kappa shape index (κ1) is 9.80. The molecule has 0 aromatic carbocycles. The van der Waals surface area contributed by atoms with Crippen LogP contribution in [-0.4, -0.2) is 18.1 Å². The summed E-state index contributed by atoms with van der Waals surface area (Å²) in [6, 6.07) is 1.34. The molecule has 1 rings (SSSR count). The van der Waals surface area contributed by atoms with Crippen molar-refractivity contribution < 1.29 is 4.79 Å². The molecule has 0 saturated carbocycles. The summed E-state index contributed by atoms with van der Waals surface area (Å²) in [4.78, 5) is 14.9. The van der Waals surface area contributed by atoms with Gasteiger partial charge in [-0.15, -0.1) is 0 Å². The Morgan fingerprint density at radius 2 is 2.31 bits per heavy atom. The Morgan fingerprint density at radius 3 is 2.92 bits per heavy atom. The fraction of sp³-hybridized carbons (Fsp3) is 0.250. The molecule has 0 spiro atoms. The number of nitrogens with zero attached hydrogens (tertiary/aromatic N) is 1. The maximum atomic E-state index is 10.9. The molecule has 2 amide bonds. The Hall–Kier alpha value is -1.29. The van der Waals surface area contributed by atoms with Gasteiger partial charge in [-0.25, -0.2) is 4.79 Å². The molecule has 13 heavy (non-hydrogen) atoms. The van der Waals surface area contributed by atoms with Crippen LogP contribution in [0.3, 0.4) is 0 Å². The molecule has 0 aliphatic rings. The molecule has 0 unspecified atom stereocenters. The van der Waals surface area contributed by atoms with Crippen LogP contribution >= 0.6 is 11.6 Å². The summed E-state index contributed by atoms with van der Waals surface area (Å²) >= 11 is 5.89. The maximum Gasteiger partial charge on any atom is 0.319 e. The molecular weight excluding hydrogens is 190 g/mol. The van der Waals surface area contributed by atoms with Crippen LogP contribution in [0.15, 0.2) is 12.3 Å². The number of halogens is 1. The van der Waals surface area contributed by atoms with Gasteiger partial charge in [0.25, 0.3) is 0 Å². The molecule has 1 aromatic rings. The third-order valence-corrected chi connectivity index (χ3v) is 2.02. The van der Waals surface area contributed by atoms with Crippen LogP contribution in [0, 0.1) is 6.92 Å². The summed E-state index contributed by atoms with van der Waals surface area (Å²) in [5.41, 5.74) is 1.25. The zero-order chi connectivity index (χ0) is 9.84. The minimum absolute atomic E-state index is 0.299. The standard InChI is InChI=1S/C8H10ClN3O/c1-5-7(9)6(3-4-11-5)12-8(13)10-2/h3-4H,1-2H3,(H2,10,11,12,13). The number of aromatic nitrogens is 1. The average molecular weight is 200 g/mol. The first-order valence-electron chi connectivity index (χ1n) is 3.75. The highest BCUT2D eigenvalue weighted by Crippen LogP contribution is 2.22. The number of pyridine rings is 1. The van der Waals surface area contributed by atoms with Crippen LogP contribution in [0.4, 0.5) is 10.5 Å². The van der Waals surface area contributed by atoms with E-state index < -0.39 is 0 Å². The molecule has 0 saturated heterocycles. The van der Waals surface area contributed by atoms with Crippen LogP contribution in [0.25, 0.3) is 0 Å². The number of hydrogen-bond donors (Lipinski definition) is 2. The molecule has 0 bridgehead atoms. The van der Waals surface area contributed by atoms with Gasteiger partial charge < -0.3 is 10.6 Å². The Labute approximate surface area is 81.3 Å². The molecule has 0 fully saturated rings. The minimum Gasteiger partial charge on any atom is -0.341 e. The predicted octanol–water partition coefficient (Wildman–Crippen LogP) is 1.79. The van der Waals surface area contributed by atoms with E-state index in [0.717, 1.165) is 0 Å². The zero-order valence-corrected chi connectivity index (χ0v) is 8.14. The van der Waals surface area contributed by atoms with Gasteiger partial charge in [-0.3, -0.25) is 4.98 Å². The molecular formula is C8H10ClN3O. The Morgan fingerprint density at radius 1 is 1.62 bits per heavy atom. The zero-order valence-electron chi connectivity index (χ0n) is 7.39. The van der Waals surface area contributed by atoms with Crippen LogP contribution in [0.5, 0.6) is 0 Å². The van der Waals surface area contributed by atoms with Gasteiger partial charge in [0.05, 0.1) is 16.4 Å². The number of carbonyl (C=O) groups excluding carboxylic acids is 1. The summed E-state index contributed by atoms with van der Waals surface area (Å²) in [5.74, 6) is 0. The topological polar surface area (TPSA) is 54.0 Å². The van der Waals surface area contributed by atoms with Gasteiger partial charge in [0.15, 0.2) is 0 Å². The van der Waals surface area contributed by atoms with Gasteiger partial charge in [-0.1, -0.05) is 11.6 Å². The van der Waals surface area contributed by atoms with Gasteiger partial charge in [-0.05, 0) is 13.0 Å². The number of rotatable bonds is 1. The van der Waals surface area contributed by atoms with Crippen molar-refractivity contribution in [1.29, 1.82) is 0 Å². The van der Waals surface area contributed by atoms with Crippen molar-refractivity contribution in [2.24, 2.45) is 0 Å². The fourth-order valence-corrected chi connectivity index (χ4v) is 0.989. The van der Waals surface area contributed by atoms with Gasteiger partial charge in [0.2, 0.25) is 0 Å². The molecule has 0 radical (unpaired) electrons. The number of hydrogen-bond acceptors (Lipinski definition) is 2. The van der Waals surface area contributed by atoms with E-state index in [-0.39, 0.29) is 6.03 Å². The average Bonchev–Trinajstić information content (AvgIpc) is 2.13. The molecule has 0 aliphatic heterocycles. The second-order valence-corrected chi connectivity index (χ2v) is 2.84. The van der Waals surface area contributed by atoms with Crippen molar-refractivity contribution in [2.75, 3.05) is 12.4 Å². The van der Waals surface area contributed by atoms with Gasteiger partial charge in [0.1, 0.15) is 0 Å². The van der Waals surface area contributed by atoms with Crippen molar-refractivity contribution in [1.82, 2.24) is 10.3 Å². The molecule has 0 aliphatic carbocycles. The quantitative estimate of drug-likeness (QED) is 0.725. The Bertz CT molecular complexity index is 327. The van der Waals surface area contributed by atoms with E-state index in [0.29, 0.717) is 16.4 Å². The smallest absolute Gasteiger partial charge is 0.319 e. The number of urea groups is 1. The number of nitrogens with one attached hydrogen (secondary N) is 2. The first-order valence-corrected chi connectivity index (χ1v) is 4.12. The highest BCUT2D eigenvalue weighted by molar-refractivity contribution is 6.34. The second kappa shape index (κ2) is 4.09. The van der Waals surface area contributed by atoms with Crippen LogP contribution in [0.2, 0.25) is 5.02 Å². The second-order valence-electron chi connectivity index (χ2n) is 2.46. The monoisotopic (exact) mass is 199 g/mol. The molecule has 1 heterocycles. The maximum absolute atomic E-state index is 10.9. The van der Waals surface area contributed by atoms with Gasteiger partial charge >= 0.3 is 6.03 Å². The Balaban J connectivity index is 2.89. The molecule has 0 atom stereocenters. The van der Waals surface area contributed by atoms with Crippen LogP contribution in [-0.2, 0) is 0 Å². The van der Waals surface area contributed by atoms with E-state index >= 15 is 0 Å². The van der Waals surface area contributed by atoms with Gasteiger partial charge in [0, 0.05) is 13.2 Å². The summed E-state index contributed by atoms with van der Waals surface area (Å²) in [7, 11) is 1.54.